The van der Waals surface area contributed by atoms with Crippen LogP contribution in [0.1, 0.15) is 31.7 Å². The summed E-state index contributed by atoms with van der Waals surface area (Å²) in [6.07, 6.45) is 3.33. The van der Waals surface area contributed by atoms with Gasteiger partial charge in [0.15, 0.2) is 0 Å². The van der Waals surface area contributed by atoms with E-state index in [2.05, 4.69) is 55.1 Å². The quantitative estimate of drug-likeness (QED) is 0.896. The lowest BCUT2D eigenvalue weighted by Crippen LogP contribution is -2.41. The van der Waals surface area contributed by atoms with Gasteiger partial charge in [-0.25, -0.2) is 0 Å². The molecule has 20 heavy (non-hydrogen) atoms. The predicted molar refractivity (Wildman–Crippen MR) is 85.1 cm³/mol. The van der Waals surface area contributed by atoms with Crippen LogP contribution in [0.3, 0.4) is 0 Å². The Kier molecular flexibility index (Phi) is 5.06. The number of piperidine rings is 1. The Morgan fingerprint density at radius 3 is 2.20 bits per heavy atom. The lowest BCUT2D eigenvalue weighted by molar-refractivity contribution is 0.0382. The molecule has 1 aliphatic heterocycles. The summed E-state index contributed by atoms with van der Waals surface area (Å²) in [7, 11) is 4.14. The molecule has 0 amide bonds. The molecule has 1 aromatic rings. The molecule has 0 atom stereocenters. The maximum atomic E-state index is 9.58. The fourth-order valence-electron chi connectivity index (χ4n) is 2.97. The normalized spacial score (nSPS) is 19.0. The molecule has 1 saturated heterocycles. The smallest absolute Gasteiger partial charge is 0.0488 e. The molecule has 1 fully saturated rings. The van der Waals surface area contributed by atoms with Crippen LogP contribution >= 0.6 is 0 Å². The average Bonchev–Trinajstić information content (AvgIpc) is 2.49. The first kappa shape index (κ1) is 15.3. The van der Waals surface area contributed by atoms with Gasteiger partial charge in [-0.1, -0.05) is 19.1 Å². The van der Waals surface area contributed by atoms with E-state index in [0.717, 1.165) is 38.9 Å². The number of benzene rings is 1. The topological polar surface area (TPSA) is 26.7 Å². The minimum Gasteiger partial charge on any atom is -0.396 e. The Morgan fingerprint density at radius 2 is 1.75 bits per heavy atom. The first-order valence-electron chi connectivity index (χ1n) is 7.68. The van der Waals surface area contributed by atoms with Gasteiger partial charge < -0.3 is 10.0 Å². The van der Waals surface area contributed by atoms with Crippen molar-refractivity contribution >= 4 is 5.69 Å². The van der Waals surface area contributed by atoms with Crippen molar-refractivity contribution in [2.45, 2.75) is 32.7 Å². The van der Waals surface area contributed by atoms with Crippen LogP contribution in [0.5, 0.6) is 0 Å². The molecule has 3 heteroatoms. The predicted octanol–water partition coefficient (Wildman–Crippen LogP) is 2.74. The average molecular weight is 276 g/mol. The lowest BCUT2D eigenvalue weighted by Gasteiger charge is -2.40. The van der Waals surface area contributed by atoms with Gasteiger partial charge in [0.25, 0.3) is 0 Å². The summed E-state index contributed by atoms with van der Waals surface area (Å²) in [5.41, 5.74) is 2.81. The van der Waals surface area contributed by atoms with Gasteiger partial charge in [-0.15, -0.1) is 0 Å². The zero-order valence-corrected chi connectivity index (χ0v) is 13.1. The number of hydrogen-bond acceptors (Lipinski definition) is 3. The van der Waals surface area contributed by atoms with Gasteiger partial charge >= 0.3 is 0 Å². The third-order valence-corrected chi connectivity index (χ3v) is 4.86. The molecule has 2 rings (SSSR count). The number of hydrogen-bond donors (Lipinski definition) is 1. The van der Waals surface area contributed by atoms with E-state index in [1.165, 1.54) is 11.3 Å². The summed E-state index contributed by atoms with van der Waals surface area (Å²) >= 11 is 0. The molecule has 3 nitrogen and oxygen atoms in total. The van der Waals surface area contributed by atoms with E-state index in [1.54, 1.807) is 0 Å². The monoisotopic (exact) mass is 276 g/mol. The fourth-order valence-corrected chi connectivity index (χ4v) is 2.97. The third-order valence-electron chi connectivity index (χ3n) is 4.86. The van der Waals surface area contributed by atoms with Gasteiger partial charge in [0.1, 0.15) is 0 Å². The van der Waals surface area contributed by atoms with Crippen LogP contribution in [0.25, 0.3) is 0 Å². The van der Waals surface area contributed by atoms with E-state index in [-0.39, 0.29) is 5.41 Å². The van der Waals surface area contributed by atoms with E-state index >= 15 is 0 Å². The second-order valence-corrected chi connectivity index (χ2v) is 6.35. The maximum Gasteiger partial charge on any atom is 0.0488 e. The zero-order chi connectivity index (χ0) is 14.6. The van der Waals surface area contributed by atoms with Crippen molar-refractivity contribution in [3.63, 3.8) is 0 Å². The molecule has 0 spiro atoms. The number of aliphatic hydroxyl groups excluding tert-OH is 1. The van der Waals surface area contributed by atoms with Gasteiger partial charge in [0.2, 0.25) is 0 Å². The van der Waals surface area contributed by atoms with Crippen molar-refractivity contribution < 1.29 is 5.11 Å². The summed E-state index contributed by atoms with van der Waals surface area (Å²) in [6, 6.07) is 8.82. The highest BCUT2D eigenvalue weighted by atomic mass is 16.3. The van der Waals surface area contributed by atoms with Crippen LogP contribution < -0.4 is 4.90 Å². The van der Waals surface area contributed by atoms with Crippen molar-refractivity contribution in [2.24, 2.45) is 5.41 Å². The molecular weight excluding hydrogens is 248 g/mol. The van der Waals surface area contributed by atoms with E-state index in [9.17, 15) is 5.11 Å². The van der Waals surface area contributed by atoms with Crippen LogP contribution in [0, 0.1) is 5.41 Å². The number of anilines is 1. The summed E-state index contributed by atoms with van der Waals surface area (Å²) in [4.78, 5) is 4.63. The summed E-state index contributed by atoms with van der Waals surface area (Å²) in [5.74, 6) is 0. The van der Waals surface area contributed by atoms with Crippen LogP contribution in [0.15, 0.2) is 24.3 Å². The second-order valence-electron chi connectivity index (χ2n) is 6.35. The zero-order valence-electron chi connectivity index (χ0n) is 13.1. The SMILES string of the molecule is CCC1(CO)CCN(Cc2ccc(N(C)C)cc2)CC1. The Hall–Kier alpha value is -1.06. The molecule has 0 aliphatic carbocycles. The van der Waals surface area contributed by atoms with E-state index in [1.807, 2.05) is 0 Å². The lowest BCUT2D eigenvalue weighted by atomic mass is 9.77. The fraction of sp³-hybridized carbons (Fsp3) is 0.647. The van der Waals surface area contributed by atoms with Crippen LogP contribution in [0.2, 0.25) is 0 Å². The molecule has 0 radical (unpaired) electrons. The largest absolute Gasteiger partial charge is 0.396 e. The summed E-state index contributed by atoms with van der Waals surface area (Å²) in [6.45, 7) is 5.77. The Bertz CT molecular complexity index is 400. The van der Waals surface area contributed by atoms with Crippen molar-refractivity contribution in [2.75, 3.05) is 38.7 Å². The van der Waals surface area contributed by atoms with Crippen molar-refractivity contribution in [3.05, 3.63) is 29.8 Å². The van der Waals surface area contributed by atoms with E-state index in [4.69, 9.17) is 0 Å². The van der Waals surface area contributed by atoms with Crippen LogP contribution in [-0.2, 0) is 6.54 Å². The van der Waals surface area contributed by atoms with Gasteiger partial charge in [0, 0.05) is 32.9 Å². The molecule has 0 aromatic heterocycles. The van der Waals surface area contributed by atoms with Gasteiger partial charge in [-0.2, -0.15) is 0 Å². The van der Waals surface area contributed by atoms with Crippen molar-refractivity contribution in [1.29, 1.82) is 0 Å². The molecule has 1 heterocycles. The highest BCUT2D eigenvalue weighted by Crippen LogP contribution is 2.34. The van der Waals surface area contributed by atoms with Crippen molar-refractivity contribution in [1.82, 2.24) is 4.90 Å². The van der Waals surface area contributed by atoms with Gasteiger partial charge in [0.05, 0.1) is 0 Å². The second kappa shape index (κ2) is 6.59. The molecule has 0 unspecified atom stereocenters. The third kappa shape index (κ3) is 3.53. The van der Waals surface area contributed by atoms with Gasteiger partial charge in [-0.3, -0.25) is 4.90 Å². The van der Waals surface area contributed by atoms with Gasteiger partial charge in [-0.05, 0) is 55.5 Å². The van der Waals surface area contributed by atoms with E-state index < -0.39 is 0 Å². The molecule has 0 bridgehead atoms. The highest BCUT2D eigenvalue weighted by molar-refractivity contribution is 5.45. The Balaban J connectivity index is 1.89. The minimum atomic E-state index is 0.186. The number of nitrogens with zero attached hydrogens (tertiary/aromatic N) is 2. The molecule has 1 aliphatic rings. The maximum absolute atomic E-state index is 9.58. The highest BCUT2D eigenvalue weighted by Gasteiger charge is 2.32. The molecule has 1 N–H and O–H groups in total. The Morgan fingerprint density at radius 1 is 1.15 bits per heavy atom. The molecule has 1 aromatic carbocycles. The molecule has 112 valence electrons. The molecule has 0 saturated carbocycles. The summed E-state index contributed by atoms with van der Waals surface area (Å²) in [5, 5.41) is 9.58. The minimum absolute atomic E-state index is 0.186. The first-order chi connectivity index (χ1) is 9.58. The summed E-state index contributed by atoms with van der Waals surface area (Å²) < 4.78 is 0. The number of likely N-dealkylation sites (tertiary alicyclic amines) is 1. The van der Waals surface area contributed by atoms with Crippen LogP contribution in [0.4, 0.5) is 5.69 Å². The first-order valence-corrected chi connectivity index (χ1v) is 7.68. The number of aliphatic hydroxyl groups is 1. The molecular formula is C17H28N2O. The van der Waals surface area contributed by atoms with Crippen molar-refractivity contribution in [3.8, 4) is 0 Å². The number of rotatable bonds is 5. The Labute approximate surface area is 123 Å². The standard InChI is InChI=1S/C17H28N2O/c1-4-17(14-20)9-11-19(12-10-17)13-15-5-7-16(8-6-15)18(2)3/h5-8,20H,4,9-14H2,1-3H3. The van der Waals surface area contributed by atoms with E-state index in [0.29, 0.717) is 6.61 Å². The van der Waals surface area contributed by atoms with Crippen LogP contribution in [-0.4, -0.2) is 43.8 Å².